The van der Waals surface area contributed by atoms with E-state index < -0.39 is 0 Å². The number of pyridine rings is 1. The van der Waals surface area contributed by atoms with Crippen molar-refractivity contribution in [2.24, 2.45) is 0 Å². The third-order valence-electron chi connectivity index (χ3n) is 4.78. The Balaban J connectivity index is 2.22. The molecule has 146 valence electrons. The zero-order valence-corrected chi connectivity index (χ0v) is 16.8. The Morgan fingerprint density at radius 1 is 0.793 bits per heavy atom. The standard InChI is InChI=1S/C25H23NO3/c1-17(2)29-26-24(19-12-8-5-9-13-19)23(18-10-6-4-7-11-18)22-16-20(28-3)14-15-21(22)25(26)27/h4-17H,1-3H3. The number of hydrogen-bond acceptors (Lipinski definition) is 3. The van der Waals surface area contributed by atoms with Gasteiger partial charge in [0.25, 0.3) is 5.56 Å². The van der Waals surface area contributed by atoms with Crippen molar-refractivity contribution >= 4 is 10.8 Å². The van der Waals surface area contributed by atoms with Gasteiger partial charge in [-0.1, -0.05) is 60.7 Å². The fourth-order valence-electron chi connectivity index (χ4n) is 3.55. The molecule has 4 aromatic rings. The maximum Gasteiger partial charge on any atom is 0.291 e. The van der Waals surface area contributed by atoms with Crippen molar-refractivity contribution in [3.63, 3.8) is 0 Å². The average molecular weight is 385 g/mol. The number of nitrogens with zero attached hydrogens (tertiary/aromatic N) is 1. The van der Waals surface area contributed by atoms with Gasteiger partial charge in [-0.05, 0) is 37.6 Å². The smallest absolute Gasteiger partial charge is 0.291 e. The summed E-state index contributed by atoms with van der Waals surface area (Å²) in [6.45, 7) is 3.84. The van der Waals surface area contributed by atoms with E-state index in [0.717, 1.165) is 27.8 Å². The predicted octanol–water partition coefficient (Wildman–Crippen LogP) is 5.18. The van der Waals surface area contributed by atoms with Gasteiger partial charge in [0.1, 0.15) is 11.9 Å². The molecule has 0 unspecified atom stereocenters. The maximum absolute atomic E-state index is 13.4. The molecule has 0 amide bonds. The van der Waals surface area contributed by atoms with Crippen LogP contribution in [0.25, 0.3) is 33.2 Å². The largest absolute Gasteiger partial charge is 0.497 e. The van der Waals surface area contributed by atoms with E-state index in [0.29, 0.717) is 11.1 Å². The molecule has 0 saturated carbocycles. The SMILES string of the molecule is COc1ccc2c(=O)n(OC(C)C)c(-c3ccccc3)c(-c3ccccc3)c2c1. The first-order valence-electron chi connectivity index (χ1n) is 9.65. The summed E-state index contributed by atoms with van der Waals surface area (Å²) in [6, 6.07) is 25.5. The number of rotatable bonds is 5. The third kappa shape index (κ3) is 3.49. The molecule has 4 nitrogen and oxygen atoms in total. The summed E-state index contributed by atoms with van der Waals surface area (Å²) in [5, 5.41) is 1.42. The molecule has 0 radical (unpaired) electrons. The van der Waals surface area contributed by atoms with Crippen LogP contribution >= 0.6 is 0 Å². The number of fused-ring (bicyclic) bond motifs is 1. The van der Waals surface area contributed by atoms with E-state index in [2.05, 4.69) is 0 Å². The fourth-order valence-corrected chi connectivity index (χ4v) is 3.55. The van der Waals surface area contributed by atoms with Crippen LogP contribution in [0.15, 0.2) is 83.7 Å². The Kier molecular flexibility index (Phi) is 5.09. The van der Waals surface area contributed by atoms with E-state index in [1.54, 1.807) is 19.2 Å². The third-order valence-corrected chi connectivity index (χ3v) is 4.78. The number of hydrogen-bond donors (Lipinski definition) is 0. The highest BCUT2D eigenvalue weighted by Crippen LogP contribution is 2.37. The maximum atomic E-state index is 13.4. The summed E-state index contributed by atoms with van der Waals surface area (Å²) in [6.07, 6.45) is -0.158. The quantitative estimate of drug-likeness (QED) is 0.475. The molecule has 1 aromatic heterocycles. The van der Waals surface area contributed by atoms with E-state index in [1.165, 1.54) is 4.73 Å². The zero-order chi connectivity index (χ0) is 20.4. The van der Waals surface area contributed by atoms with Crippen molar-refractivity contribution < 1.29 is 9.57 Å². The van der Waals surface area contributed by atoms with Gasteiger partial charge in [-0.3, -0.25) is 4.79 Å². The molecule has 29 heavy (non-hydrogen) atoms. The second kappa shape index (κ2) is 7.84. The molecule has 1 heterocycles. The Hall–Kier alpha value is -3.53. The lowest BCUT2D eigenvalue weighted by atomic mass is 9.94. The van der Waals surface area contributed by atoms with Gasteiger partial charge in [-0.2, -0.15) is 0 Å². The van der Waals surface area contributed by atoms with E-state index in [9.17, 15) is 4.79 Å². The second-order valence-electron chi connectivity index (χ2n) is 7.12. The lowest BCUT2D eigenvalue weighted by Gasteiger charge is -2.22. The molecule has 4 rings (SSSR count). The topological polar surface area (TPSA) is 40.5 Å². The molecular weight excluding hydrogens is 362 g/mol. The Bertz CT molecular complexity index is 1200. The lowest BCUT2D eigenvalue weighted by molar-refractivity contribution is 0.0573. The first kappa shape index (κ1) is 18.8. The first-order valence-corrected chi connectivity index (χ1v) is 9.65. The number of methoxy groups -OCH3 is 1. The fraction of sp³-hybridized carbons (Fsp3) is 0.160. The van der Waals surface area contributed by atoms with Gasteiger partial charge >= 0.3 is 0 Å². The van der Waals surface area contributed by atoms with Crippen LogP contribution in [0.4, 0.5) is 0 Å². The summed E-state index contributed by atoms with van der Waals surface area (Å²) in [5.41, 5.74) is 3.40. The summed E-state index contributed by atoms with van der Waals surface area (Å²) in [5.74, 6) is 0.704. The van der Waals surface area contributed by atoms with Crippen molar-refractivity contribution in [1.82, 2.24) is 4.73 Å². The highest BCUT2D eigenvalue weighted by atomic mass is 16.7. The van der Waals surface area contributed by atoms with Gasteiger partial charge in [0, 0.05) is 16.5 Å². The van der Waals surface area contributed by atoms with Crippen LogP contribution in [0.3, 0.4) is 0 Å². The highest BCUT2D eigenvalue weighted by Gasteiger charge is 2.21. The van der Waals surface area contributed by atoms with Crippen LogP contribution < -0.4 is 15.1 Å². The molecule has 3 aromatic carbocycles. The number of benzene rings is 3. The summed E-state index contributed by atoms with van der Waals surface area (Å²) < 4.78 is 6.89. The minimum absolute atomic E-state index is 0.158. The lowest BCUT2D eigenvalue weighted by Crippen LogP contribution is -2.32. The van der Waals surface area contributed by atoms with Crippen LogP contribution in [-0.4, -0.2) is 17.9 Å². The normalized spacial score (nSPS) is 11.0. The first-order chi connectivity index (χ1) is 14.1. The second-order valence-corrected chi connectivity index (χ2v) is 7.12. The minimum atomic E-state index is -0.185. The molecule has 0 aliphatic heterocycles. The van der Waals surface area contributed by atoms with Gasteiger partial charge in [0.2, 0.25) is 0 Å². The van der Waals surface area contributed by atoms with Crippen molar-refractivity contribution in [2.45, 2.75) is 20.0 Å². The highest BCUT2D eigenvalue weighted by molar-refractivity contribution is 6.03. The molecule has 0 fully saturated rings. The molecule has 0 spiro atoms. The summed E-state index contributed by atoms with van der Waals surface area (Å²) >= 11 is 0. The van der Waals surface area contributed by atoms with Crippen molar-refractivity contribution in [1.29, 1.82) is 0 Å². The number of ether oxygens (including phenoxy) is 1. The van der Waals surface area contributed by atoms with Crippen LogP contribution in [-0.2, 0) is 0 Å². The molecular formula is C25H23NO3. The molecule has 4 heteroatoms. The Morgan fingerprint density at radius 3 is 2.00 bits per heavy atom. The van der Waals surface area contributed by atoms with E-state index in [4.69, 9.17) is 9.57 Å². The molecule has 0 N–H and O–H groups in total. The van der Waals surface area contributed by atoms with Crippen molar-refractivity contribution in [3.05, 3.63) is 89.2 Å². The molecule has 0 atom stereocenters. The van der Waals surface area contributed by atoms with Crippen LogP contribution in [0.5, 0.6) is 5.75 Å². The number of aromatic nitrogens is 1. The molecule has 0 aliphatic rings. The Morgan fingerprint density at radius 2 is 1.41 bits per heavy atom. The predicted molar refractivity (Wildman–Crippen MR) is 117 cm³/mol. The summed E-state index contributed by atoms with van der Waals surface area (Å²) in [7, 11) is 1.63. The zero-order valence-electron chi connectivity index (χ0n) is 16.8. The molecule has 0 saturated heterocycles. The molecule has 0 aliphatic carbocycles. The van der Waals surface area contributed by atoms with Gasteiger partial charge in [0.15, 0.2) is 0 Å². The van der Waals surface area contributed by atoms with E-state index in [1.807, 2.05) is 80.6 Å². The van der Waals surface area contributed by atoms with Gasteiger partial charge in [-0.15, -0.1) is 4.73 Å². The van der Waals surface area contributed by atoms with Crippen molar-refractivity contribution in [3.8, 4) is 28.1 Å². The summed E-state index contributed by atoms with van der Waals surface area (Å²) in [4.78, 5) is 19.5. The van der Waals surface area contributed by atoms with E-state index in [-0.39, 0.29) is 11.7 Å². The monoisotopic (exact) mass is 385 g/mol. The van der Waals surface area contributed by atoms with Crippen LogP contribution in [0.2, 0.25) is 0 Å². The van der Waals surface area contributed by atoms with E-state index >= 15 is 0 Å². The van der Waals surface area contributed by atoms with Crippen molar-refractivity contribution in [2.75, 3.05) is 7.11 Å². The Labute approximate surface area is 169 Å². The molecule has 0 bridgehead atoms. The van der Waals surface area contributed by atoms with Gasteiger partial charge < -0.3 is 9.57 Å². The average Bonchev–Trinajstić information content (AvgIpc) is 2.76. The van der Waals surface area contributed by atoms with Crippen LogP contribution in [0, 0.1) is 0 Å². The van der Waals surface area contributed by atoms with Crippen LogP contribution in [0.1, 0.15) is 13.8 Å². The minimum Gasteiger partial charge on any atom is -0.497 e. The van der Waals surface area contributed by atoms with Gasteiger partial charge in [0.05, 0.1) is 18.2 Å². The van der Waals surface area contributed by atoms with Gasteiger partial charge in [-0.25, -0.2) is 0 Å².